The van der Waals surface area contributed by atoms with Gasteiger partial charge in [0.1, 0.15) is 5.75 Å². The van der Waals surface area contributed by atoms with Gasteiger partial charge in [0.15, 0.2) is 0 Å². The third-order valence-corrected chi connectivity index (χ3v) is 3.98. The van der Waals surface area contributed by atoms with E-state index in [1.807, 2.05) is 68.4 Å². The van der Waals surface area contributed by atoms with E-state index in [0.29, 0.717) is 19.4 Å². The Hall–Kier alpha value is -2.29. The van der Waals surface area contributed by atoms with E-state index >= 15 is 0 Å². The zero-order valence-corrected chi connectivity index (χ0v) is 14.0. The van der Waals surface area contributed by atoms with Gasteiger partial charge in [-0.1, -0.05) is 48.5 Å². The Balaban J connectivity index is 2.31. The molecule has 2 rings (SSSR count). The molecule has 0 bridgehead atoms. The lowest BCUT2D eigenvalue weighted by molar-refractivity contribution is -0.154. The molecule has 0 aliphatic heterocycles. The van der Waals surface area contributed by atoms with Crippen LogP contribution >= 0.6 is 0 Å². The number of hydrogen-bond donors (Lipinski definition) is 0. The number of para-hydroxylation sites is 1. The summed E-state index contributed by atoms with van der Waals surface area (Å²) in [7, 11) is 1.65. The van der Waals surface area contributed by atoms with E-state index in [1.165, 1.54) is 0 Å². The van der Waals surface area contributed by atoms with Gasteiger partial charge in [-0.15, -0.1) is 0 Å². The molecular weight excluding hydrogens is 288 g/mol. The smallest absolute Gasteiger partial charge is 0.312 e. The molecule has 122 valence electrons. The standard InChI is InChI=1S/C20H24O3/c1-4-23-19(21)20(2,14-16-10-6-5-7-11-16)15-17-12-8-9-13-18(17)22-3/h5-13H,4,14-15H2,1-3H3. The average Bonchev–Trinajstić information content (AvgIpc) is 2.56. The topological polar surface area (TPSA) is 35.5 Å². The van der Waals surface area contributed by atoms with Crippen LogP contribution < -0.4 is 4.74 Å². The van der Waals surface area contributed by atoms with Crippen LogP contribution in [0.1, 0.15) is 25.0 Å². The second-order valence-corrected chi connectivity index (χ2v) is 5.93. The molecule has 0 radical (unpaired) electrons. The number of hydrogen-bond acceptors (Lipinski definition) is 3. The maximum absolute atomic E-state index is 12.6. The summed E-state index contributed by atoms with van der Waals surface area (Å²) in [6.07, 6.45) is 1.20. The van der Waals surface area contributed by atoms with E-state index in [-0.39, 0.29) is 5.97 Å². The predicted octanol–water partition coefficient (Wildman–Crippen LogP) is 4.05. The number of benzene rings is 2. The zero-order valence-electron chi connectivity index (χ0n) is 14.0. The fourth-order valence-electron chi connectivity index (χ4n) is 2.83. The summed E-state index contributed by atoms with van der Waals surface area (Å²) in [6, 6.07) is 17.9. The van der Waals surface area contributed by atoms with Crippen LogP contribution in [0.4, 0.5) is 0 Å². The molecule has 0 aromatic heterocycles. The Bertz CT molecular complexity index is 636. The van der Waals surface area contributed by atoms with Gasteiger partial charge in [0.25, 0.3) is 0 Å². The van der Waals surface area contributed by atoms with Gasteiger partial charge in [-0.3, -0.25) is 4.79 Å². The largest absolute Gasteiger partial charge is 0.496 e. The summed E-state index contributed by atoms with van der Waals surface area (Å²) in [6.45, 7) is 4.18. The minimum absolute atomic E-state index is 0.172. The summed E-state index contributed by atoms with van der Waals surface area (Å²) in [4.78, 5) is 12.6. The molecule has 3 nitrogen and oxygen atoms in total. The highest BCUT2D eigenvalue weighted by Crippen LogP contribution is 2.32. The molecule has 1 unspecified atom stereocenters. The fraction of sp³-hybridized carbons (Fsp3) is 0.350. The molecule has 1 atom stereocenters. The number of ether oxygens (including phenoxy) is 2. The van der Waals surface area contributed by atoms with Crippen molar-refractivity contribution in [2.45, 2.75) is 26.7 Å². The van der Waals surface area contributed by atoms with Crippen LogP contribution in [0, 0.1) is 5.41 Å². The number of rotatable bonds is 7. The molecular formula is C20H24O3. The molecule has 23 heavy (non-hydrogen) atoms. The van der Waals surface area contributed by atoms with Gasteiger partial charge >= 0.3 is 5.97 Å². The van der Waals surface area contributed by atoms with E-state index in [4.69, 9.17) is 9.47 Å². The second kappa shape index (κ2) is 7.82. The third-order valence-electron chi connectivity index (χ3n) is 3.98. The van der Waals surface area contributed by atoms with E-state index in [1.54, 1.807) is 7.11 Å². The lowest BCUT2D eigenvalue weighted by atomic mass is 9.78. The van der Waals surface area contributed by atoms with Gasteiger partial charge in [-0.2, -0.15) is 0 Å². The van der Waals surface area contributed by atoms with Crippen LogP contribution in [-0.2, 0) is 22.4 Å². The van der Waals surface area contributed by atoms with Crippen molar-refractivity contribution in [3.05, 3.63) is 65.7 Å². The fourth-order valence-corrected chi connectivity index (χ4v) is 2.83. The highest BCUT2D eigenvalue weighted by Gasteiger charge is 2.36. The van der Waals surface area contributed by atoms with Crippen molar-refractivity contribution in [3.8, 4) is 5.75 Å². The predicted molar refractivity (Wildman–Crippen MR) is 91.6 cm³/mol. The minimum atomic E-state index is -0.633. The van der Waals surface area contributed by atoms with Crippen molar-refractivity contribution < 1.29 is 14.3 Å². The Kier molecular flexibility index (Phi) is 5.80. The molecule has 0 saturated carbocycles. The normalized spacial score (nSPS) is 13.2. The Labute approximate surface area is 138 Å². The van der Waals surface area contributed by atoms with Gasteiger partial charge in [-0.05, 0) is 43.9 Å². The van der Waals surface area contributed by atoms with Crippen molar-refractivity contribution in [1.82, 2.24) is 0 Å². The SMILES string of the molecule is CCOC(=O)C(C)(Cc1ccccc1)Cc1ccccc1OC. The van der Waals surface area contributed by atoms with Gasteiger partial charge in [0, 0.05) is 0 Å². The van der Waals surface area contributed by atoms with E-state index in [2.05, 4.69) is 0 Å². The second-order valence-electron chi connectivity index (χ2n) is 5.93. The van der Waals surface area contributed by atoms with Crippen molar-refractivity contribution >= 4 is 5.97 Å². The van der Waals surface area contributed by atoms with Gasteiger partial charge < -0.3 is 9.47 Å². The van der Waals surface area contributed by atoms with Crippen molar-refractivity contribution in [2.75, 3.05) is 13.7 Å². The van der Waals surface area contributed by atoms with E-state index in [9.17, 15) is 4.79 Å². The Morgan fingerprint density at radius 3 is 2.30 bits per heavy atom. The molecule has 0 spiro atoms. The first-order valence-electron chi connectivity index (χ1n) is 7.92. The van der Waals surface area contributed by atoms with Crippen LogP contribution in [0.3, 0.4) is 0 Å². The molecule has 0 saturated heterocycles. The number of carbonyl (C=O) groups is 1. The van der Waals surface area contributed by atoms with Gasteiger partial charge in [-0.25, -0.2) is 0 Å². The monoisotopic (exact) mass is 312 g/mol. The quantitative estimate of drug-likeness (QED) is 0.724. The first-order chi connectivity index (χ1) is 11.1. The van der Waals surface area contributed by atoms with Crippen LogP contribution in [0.2, 0.25) is 0 Å². The number of esters is 1. The summed E-state index contributed by atoms with van der Waals surface area (Å²) in [5.41, 5.74) is 1.51. The average molecular weight is 312 g/mol. The first kappa shape index (κ1) is 17.1. The molecule has 2 aromatic carbocycles. The first-order valence-corrected chi connectivity index (χ1v) is 7.92. The van der Waals surface area contributed by atoms with E-state index in [0.717, 1.165) is 16.9 Å². The number of methoxy groups -OCH3 is 1. The van der Waals surface area contributed by atoms with Gasteiger partial charge in [0.2, 0.25) is 0 Å². The minimum Gasteiger partial charge on any atom is -0.496 e. The highest BCUT2D eigenvalue weighted by molar-refractivity contribution is 5.77. The van der Waals surface area contributed by atoms with Crippen molar-refractivity contribution in [3.63, 3.8) is 0 Å². The lowest BCUT2D eigenvalue weighted by Gasteiger charge is -2.28. The molecule has 0 fully saturated rings. The summed E-state index contributed by atoms with van der Waals surface area (Å²) >= 11 is 0. The molecule has 0 amide bonds. The van der Waals surface area contributed by atoms with E-state index < -0.39 is 5.41 Å². The maximum Gasteiger partial charge on any atom is 0.312 e. The molecule has 0 aliphatic rings. The van der Waals surface area contributed by atoms with Crippen LogP contribution in [0.15, 0.2) is 54.6 Å². The van der Waals surface area contributed by atoms with Crippen molar-refractivity contribution in [2.24, 2.45) is 5.41 Å². The summed E-state index contributed by atoms with van der Waals surface area (Å²) in [5.74, 6) is 0.630. The summed E-state index contributed by atoms with van der Waals surface area (Å²) in [5, 5.41) is 0. The Morgan fingerprint density at radius 1 is 1.00 bits per heavy atom. The number of carbonyl (C=O) groups excluding carboxylic acids is 1. The lowest BCUT2D eigenvalue weighted by Crippen LogP contribution is -2.34. The molecule has 3 heteroatoms. The molecule has 0 aliphatic carbocycles. The zero-order chi connectivity index (χ0) is 16.7. The molecule has 0 heterocycles. The van der Waals surface area contributed by atoms with Crippen molar-refractivity contribution in [1.29, 1.82) is 0 Å². The third kappa shape index (κ3) is 4.35. The van der Waals surface area contributed by atoms with Crippen LogP contribution in [0.25, 0.3) is 0 Å². The maximum atomic E-state index is 12.6. The van der Waals surface area contributed by atoms with Gasteiger partial charge in [0.05, 0.1) is 19.1 Å². The van der Waals surface area contributed by atoms with Crippen LogP contribution in [-0.4, -0.2) is 19.7 Å². The highest BCUT2D eigenvalue weighted by atomic mass is 16.5. The summed E-state index contributed by atoms with van der Waals surface area (Å²) < 4.78 is 10.8. The Morgan fingerprint density at radius 2 is 1.65 bits per heavy atom. The molecule has 0 N–H and O–H groups in total. The van der Waals surface area contributed by atoms with Crippen LogP contribution in [0.5, 0.6) is 5.75 Å². The molecule has 2 aromatic rings.